The van der Waals surface area contributed by atoms with Gasteiger partial charge in [0.15, 0.2) is 0 Å². The highest BCUT2D eigenvalue weighted by atomic mass is 16.5. The lowest BCUT2D eigenvalue weighted by Gasteiger charge is -2.36. The van der Waals surface area contributed by atoms with Crippen LogP contribution in [-0.4, -0.2) is 86.7 Å². The molecule has 3 rings (SSSR count). The lowest BCUT2D eigenvalue weighted by atomic mass is 9.95. The van der Waals surface area contributed by atoms with E-state index in [2.05, 4.69) is 5.32 Å². The summed E-state index contributed by atoms with van der Waals surface area (Å²) in [4.78, 5) is 41.6. The van der Waals surface area contributed by atoms with Crippen molar-refractivity contribution in [1.29, 1.82) is 0 Å². The minimum absolute atomic E-state index is 0.0671. The molecule has 1 aromatic rings. The molecule has 8 heteroatoms. The molecule has 0 spiro atoms. The Labute approximate surface area is 164 Å². The molecule has 0 aromatic heterocycles. The fourth-order valence-electron chi connectivity index (χ4n) is 3.96. The highest BCUT2D eigenvalue weighted by Gasteiger charge is 2.49. The SMILES string of the molecule is CNC(=O)C1(COC)CCCN1C(=O)c1ccc(C(=O)N2CCOCC2)cc1. The summed E-state index contributed by atoms with van der Waals surface area (Å²) in [6.45, 7) is 2.85. The van der Waals surface area contributed by atoms with Gasteiger partial charge in [-0.25, -0.2) is 0 Å². The molecule has 2 aliphatic rings. The molecule has 28 heavy (non-hydrogen) atoms. The number of carbonyl (C=O) groups excluding carboxylic acids is 3. The summed E-state index contributed by atoms with van der Waals surface area (Å²) in [5.74, 6) is -0.523. The van der Waals surface area contributed by atoms with Gasteiger partial charge in [0, 0.05) is 44.9 Å². The molecule has 152 valence electrons. The molecule has 1 unspecified atom stereocenters. The van der Waals surface area contributed by atoms with Crippen LogP contribution in [0, 0.1) is 0 Å². The number of rotatable bonds is 5. The summed E-state index contributed by atoms with van der Waals surface area (Å²) in [6, 6.07) is 6.63. The summed E-state index contributed by atoms with van der Waals surface area (Å²) in [5, 5.41) is 2.66. The monoisotopic (exact) mass is 389 g/mol. The standard InChI is InChI=1S/C20H27N3O5/c1-21-19(26)20(14-27-2)8-3-9-23(20)18(25)16-6-4-15(5-7-16)17(24)22-10-12-28-13-11-22/h4-7H,3,8-14H2,1-2H3,(H,21,26). The number of morpholine rings is 1. The molecule has 0 bridgehead atoms. The number of amides is 3. The Hall–Kier alpha value is -2.45. The van der Waals surface area contributed by atoms with Crippen molar-refractivity contribution >= 4 is 17.7 Å². The van der Waals surface area contributed by atoms with Gasteiger partial charge in [-0.1, -0.05) is 0 Å². The quantitative estimate of drug-likeness (QED) is 0.794. The van der Waals surface area contributed by atoms with Gasteiger partial charge in [-0.05, 0) is 37.1 Å². The van der Waals surface area contributed by atoms with E-state index >= 15 is 0 Å². The number of likely N-dealkylation sites (tertiary alicyclic amines) is 1. The van der Waals surface area contributed by atoms with Gasteiger partial charge in [-0.2, -0.15) is 0 Å². The Morgan fingerprint density at radius 1 is 1.07 bits per heavy atom. The van der Waals surface area contributed by atoms with Gasteiger partial charge < -0.3 is 24.6 Å². The van der Waals surface area contributed by atoms with Crippen molar-refractivity contribution in [2.45, 2.75) is 18.4 Å². The maximum Gasteiger partial charge on any atom is 0.254 e. The van der Waals surface area contributed by atoms with E-state index in [-0.39, 0.29) is 24.3 Å². The van der Waals surface area contributed by atoms with Crippen molar-refractivity contribution < 1.29 is 23.9 Å². The molecular formula is C20H27N3O5. The largest absolute Gasteiger partial charge is 0.382 e. The average Bonchev–Trinajstić information content (AvgIpc) is 3.18. The van der Waals surface area contributed by atoms with Crippen molar-refractivity contribution in [2.75, 3.05) is 53.6 Å². The molecular weight excluding hydrogens is 362 g/mol. The third-order valence-corrected chi connectivity index (χ3v) is 5.44. The maximum absolute atomic E-state index is 13.1. The molecule has 0 aliphatic carbocycles. The lowest BCUT2D eigenvalue weighted by molar-refractivity contribution is -0.133. The lowest BCUT2D eigenvalue weighted by Crippen LogP contribution is -2.59. The fourth-order valence-corrected chi connectivity index (χ4v) is 3.96. The second-order valence-electron chi connectivity index (χ2n) is 7.09. The van der Waals surface area contributed by atoms with Gasteiger partial charge >= 0.3 is 0 Å². The second-order valence-corrected chi connectivity index (χ2v) is 7.09. The minimum atomic E-state index is -0.997. The number of ether oxygens (including phenoxy) is 2. The summed E-state index contributed by atoms with van der Waals surface area (Å²) in [6.07, 6.45) is 1.29. The van der Waals surface area contributed by atoms with Crippen LogP contribution in [0.15, 0.2) is 24.3 Å². The van der Waals surface area contributed by atoms with Crippen LogP contribution in [0.1, 0.15) is 33.6 Å². The molecule has 2 heterocycles. The van der Waals surface area contributed by atoms with E-state index in [4.69, 9.17) is 9.47 Å². The third kappa shape index (κ3) is 3.74. The predicted octanol–water partition coefficient (Wildman–Crippen LogP) is 0.526. The third-order valence-electron chi connectivity index (χ3n) is 5.44. The van der Waals surface area contributed by atoms with Gasteiger partial charge in [0.2, 0.25) is 5.91 Å². The van der Waals surface area contributed by atoms with Crippen LogP contribution in [0.5, 0.6) is 0 Å². The number of hydrogen-bond donors (Lipinski definition) is 1. The molecule has 1 atom stereocenters. The fraction of sp³-hybridized carbons (Fsp3) is 0.550. The highest BCUT2D eigenvalue weighted by Crippen LogP contribution is 2.31. The maximum atomic E-state index is 13.1. The van der Waals surface area contributed by atoms with Gasteiger partial charge in [0.05, 0.1) is 19.8 Å². The Balaban J connectivity index is 1.78. The highest BCUT2D eigenvalue weighted by molar-refractivity contribution is 6.01. The smallest absolute Gasteiger partial charge is 0.254 e. The summed E-state index contributed by atoms with van der Waals surface area (Å²) < 4.78 is 10.5. The van der Waals surface area contributed by atoms with Crippen molar-refractivity contribution in [1.82, 2.24) is 15.1 Å². The van der Waals surface area contributed by atoms with E-state index in [1.807, 2.05) is 0 Å². The zero-order chi connectivity index (χ0) is 20.1. The van der Waals surface area contributed by atoms with E-state index in [0.29, 0.717) is 50.4 Å². The first-order valence-electron chi connectivity index (χ1n) is 9.53. The number of nitrogens with one attached hydrogen (secondary N) is 1. The number of carbonyl (C=O) groups is 3. The molecule has 0 radical (unpaired) electrons. The number of hydrogen-bond acceptors (Lipinski definition) is 5. The predicted molar refractivity (Wildman–Crippen MR) is 102 cm³/mol. The Morgan fingerprint density at radius 3 is 2.25 bits per heavy atom. The van der Waals surface area contributed by atoms with E-state index in [9.17, 15) is 14.4 Å². The number of likely N-dealkylation sites (N-methyl/N-ethyl adjacent to an activating group) is 1. The summed E-state index contributed by atoms with van der Waals surface area (Å²) in [5.41, 5.74) is -0.0118. The van der Waals surface area contributed by atoms with E-state index in [1.165, 1.54) is 7.11 Å². The van der Waals surface area contributed by atoms with Crippen molar-refractivity contribution in [3.05, 3.63) is 35.4 Å². The first kappa shape index (κ1) is 20.3. The van der Waals surface area contributed by atoms with E-state index < -0.39 is 5.54 Å². The van der Waals surface area contributed by atoms with Crippen LogP contribution in [0.2, 0.25) is 0 Å². The molecule has 2 fully saturated rings. The summed E-state index contributed by atoms with van der Waals surface area (Å²) >= 11 is 0. The Morgan fingerprint density at radius 2 is 1.68 bits per heavy atom. The van der Waals surface area contributed by atoms with Crippen LogP contribution < -0.4 is 5.32 Å². The zero-order valence-corrected chi connectivity index (χ0v) is 16.4. The first-order valence-corrected chi connectivity index (χ1v) is 9.53. The zero-order valence-electron chi connectivity index (χ0n) is 16.4. The van der Waals surface area contributed by atoms with Crippen molar-refractivity contribution in [3.63, 3.8) is 0 Å². The average molecular weight is 389 g/mol. The van der Waals surface area contributed by atoms with Crippen LogP contribution in [-0.2, 0) is 14.3 Å². The number of nitrogens with zero attached hydrogens (tertiary/aromatic N) is 2. The Kier molecular flexibility index (Phi) is 6.31. The van der Waals surface area contributed by atoms with Crippen LogP contribution in [0.3, 0.4) is 0 Å². The Bertz CT molecular complexity index is 730. The normalized spacial score (nSPS) is 22.2. The van der Waals surface area contributed by atoms with Gasteiger partial charge in [-0.3, -0.25) is 14.4 Å². The van der Waals surface area contributed by atoms with Gasteiger partial charge in [0.25, 0.3) is 11.8 Å². The van der Waals surface area contributed by atoms with Crippen LogP contribution >= 0.6 is 0 Å². The molecule has 2 saturated heterocycles. The van der Waals surface area contributed by atoms with E-state index in [1.54, 1.807) is 41.1 Å². The molecule has 2 aliphatic heterocycles. The van der Waals surface area contributed by atoms with Crippen LogP contribution in [0.25, 0.3) is 0 Å². The van der Waals surface area contributed by atoms with Gasteiger partial charge in [-0.15, -0.1) is 0 Å². The first-order chi connectivity index (χ1) is 13.5. The molecule has 8 nitrogen and oxygen atoms in total. The second kappa shape index (κ2) is 8.70. The van der Waals surface area contributed by atoms with Crippen molar-refractivity contribution in [3.8, 4) is 0 Å². The van der Waals surface area contributed by atoms with Crippen molar-refractivity contribution in [2.24, 2.45) is 0 Å². The minimum Gasteiger partial charge on any atom is -0.382 e. The summed E-state index contributed by atoms with van der Waals surface area (Å²) in [7, 11) is 3.09. The topological polar surface area (TPSA) is 88.2 Å². The van der Waals surface area contributed by atoms with Crippen LogP contribution in [0.4, 0.5) is 0 Å². The molecule has 0 saturated carbocycles. The van der Waals surface area contributed by atoms with E-state index in [0.717, 1.165) is 6.42 Å². The molecule has 3 amide bonds. The molecule has 1 aromatic carbocycles. The number of methoxy groups -OCH3 is 1. The molecule has 1 N–H and O–H groups in total. The number of benzene rings is 1. The van der Waals surface area contributed by atoms with Gasteiger partial charge in [0.1, 0.15) is 5.54 Å².